The maximum Gasteiger partial charge on any atom is 0.306 e. The van der Waals surface area contributed by atoms with Gasteiger partial charge in [-0.1, -0.05) is 318 Å². The van der Waals surface area contributed by atoms with E-state index < -0.39 is 6.10 Å². The van der Waals surface area contributed by atoms with Gasteiger partial charge in [-0.25, -0.2) is 0 Å². The number of unbranched alkanes of at least 4 members (excludes halogenated alkanes) is 39. The second-order valence-corrected chi connectivity index (χ2v) is 22.7. The molecule has 78 heavy (non-hydrogen) atoms. The predicted molar refractivity (Wildman–Crippen MR) is 339 cm³/mol. The zero-order valence-corrected chi connectivity index (χ0v) is 51.9. The Morgan fingerprint density at radius 2 is 0.526 bits per heavy atom. The van der Waals surface area contributed by atoms with Gasteiger partial charge in [0, 0.05) is 19.3 Å². The fourth-order valence-electron chi connectivity index (χ4n) is 9.89. The van der Waals surface area contributed by atoms with Gasteiger partial charge < -0.3 is 14.2 Å². The van der Waals surface area contributed by atoms with Crippen molar-refractivity contribution in [3.05, 3.63) is 72.9 Å². The number of allylic oxidation sites excluding steroid dienone is 12. The summed E-state index contributed by atoms with van der Waals surface area (Å²) in [6, 6.07) is 0. The molecular weight excluding hydrogens is 961 g/mol. The molecule has 0 aliphatic rings. The van der Waals surface area contributed by atoms with E-state index in [0.717, 1.165) is 103 Å². The van der Waals surface area contributed by atoms with Crippen molar-refractivity contribution in [3.63, 3.8) is 0 Å². The molecule has 0 aliphatic heterocycles. The highest BCUT2D eigenvalue weighted by Crippen LogP contribution is 2.18. The lowest BCUT2D eigenvalue weighted by Crippen LogP contribution is -2.30. The minimum Gasteiger partial charge on any atom is -0.462 e. The van der Waals surface area contributed by atoms with Gasteiger partial charge in [-0.2, -0.15) is 0 Å². The third-order valence-electron chi connectivity index (χ3n) is 14.9. The molecule has 0 heterocycles. The van der Waals surface area contributed by atoms with Gasteiger partial charge in [0.15, 0.2) is 6.10 Å². The average molecular weight is 1090 g/mol. The van der Waals surface area contributed by atoms with Gasteiger partial charge in [-0.05, 0) is 83.5 Å². The number of rotatable bonds is 62. The van der Waals surface area contributed by atoms with Crippen LogP contribution in [0.3, 0.4) is 0 Å². The van der Waals surface area contributed by atoms with Crippen molar-refractivity contribution < 1.29 is 28.6 Å². The largest absolute Gasteiger partial charge is 0.462 e. The van der Waals surface area contributed by atoms with E-state index in [4.69, 9.17) is 14.2 Å². The third-order valence-corrected chi connectivity index (χ3v) is 14.9. The first kappa shape index (κ1) is 74.8. The molecule has 0 N–H and O–H groups in total. The van der Waals surface area contributed by atoms with Crippen LogP contribution in [-0.2, 0) is 28.6 Å². The van der Waals surface area contributed by atoms with Gasteiger partial charge in [0.2, 0.25) is 0 Å². The average Bonchev–Trinajstić information content (AvgIpc) is 3.44. The fraction of sp³-hybridized carbons (Fsp3) is 0.792. The van der Waals surface area contributed by atoms with Crippen molar-refractivity contribution in [2.24, 2.45) is 0 Å². The van der Waals surface area contributed by atoms with Crippen LogP contribution in [-0.4, -0.2) is 37.2 Å². The van der Waals surface area contributed by atoms with Gasteiger partial charge in [0.1, 0.15) is 13.2 Å². The zero-order chi connectivity index (χ0) is 56.4. The Balaban J connectivity index is 4.03. The number of ether oxygens (including phenoxy) is 3. The summed E-state index contributed by atoms with van der Waals surface area (Å²) in [6.07, 6.45) is 86.6. The SMILES string of the molecule is CC/C=C\C/C=C\C/C=C\C/C=C\C/C=C\CCCCCCCCCCCCCCCCCCCCCC(=O)OCC(COC(=O)CCCCCCC/C=C\CCC)OC(=O)CCCCCCCCCCCCCCCCC. The minimum atomic E-state index is -0.773. The van der Waals surface area contributed by atoms with Crippen molar-refractivity contribution in [1.82, 2.24) is 0 Å². The molecule has 0 aromatic rings. The highest BCUT2D eigenvalue weighted by Gasteiger charge is 2.19. The Morgan fingerprint density at radius 3 is 0.846 bits per heavy atom. The Labute approximate surface area is 484 Å². The molecule has 0 saturated carbocycles. The molecular formula is C72H128O6. The van der Waals surface area contributed by atoms with E-state index in [-0.39, 0.29) is 31.1 Å². The molecule has 6 heteroatoms. The lowest BCUT2D eigenvalue weighted by molar-refractivity contribution is -0.167. The molecule has 0 amide bonds. The predicted octanol–water partition coefficient (Wildman–Crippen LogP) is 23.3. The van der Waals surface area contributed by atoms with Crippen LogP contribution in [0, 0.1) is 0 Å². The fourth-order valence-corrected chi connectivity index (χ4v) is 9.89. The van der Waals surface area contributed by atoms with Gasteiger partial charge in [0.25, 0.3) is 0 Å². The molecule has 0 spiro atoms. The maximum absolute atomic E-state index is 12.9. The van der Waals surface area contributed by atoms with Crippen molar-refractivity contribution in [2.45, 2.75) is 354 Å². The van der Waals surface area contributed by atoms with Crippen LogP contribution in [0.4, 0.5) is 0 Å². The van der Waals surface area contributed by atoms with E-state index in [0.29, 0.717) is 19.3 Å². The summed E-state index contributed by atoms with van der Waals surface area (Å²) in [5, 5.41) is 0. The first-order valence-corrected chi connectivity index (χ1v) is 33.9. The molecule has 0 aromatic carbocycles. The Hall–Kier alpha value is -3.15. The van der Waals surface area contributed by atoms with E-state index >= 15 is 0 Å². The number of hydrogen-bond donors (Lipinski definition) is 0. The lowest BCUT2D eigenvalue weighted by Gasteiger charge is -2.18. The first-order chi connectivity index (χ1) is 38.5. The van der Waals surface area contributed by atoms with Gasteiger partial charge in [-0.15, -0.1) is 0 Å². The van der Waals surface area contributed by atoms with Gasteiger partial charge in [-0.3, -0.25) is 14.4 Å². The topological polar surface area (TPSA) is 78.9 Å². The van der Waals surface area contributed by atoms with Gasteiger partial charge >= 0.3 is 17.9 Å². The molecule has 1 unspecified atom stereocenters. The summed E-state index contributed by atoms with van der Waals surface area (Å²) < 4.78 is 16.9. The normalized spacial score (nSPS) is 12.5. The van der Waals surface area contributed by atoms with E-state index in [2.05, 4.69) is 93.7 Å². The number of hydrogen-bond acceptors (Lipinski definition) is 6. The molecule has 6 nitrogen and oxygen atoms in total. The minimum absolute atomic E-state index is 0.0717. The zero-order valence-electron chi connectivity index (χ0n) is 51.9. The maximum atomic E-state index is 12.9. The van der Waals surface area contributed by atoms with E-state index in [1.165, 1.54) is 205 Å². The molecule has 0 fully saturated rings. The van der Waals surface area contributed by atoms with Crippen LogP contribution in [0.2, 0.25) is 0 Å². The lowest BCUT2D eigenvalue weighted by atomic mass is 10.0. The second kappa shape index (κ2) is 66.4. The van der Waals surface area contributed by atoms with Crippen molar-refractivity contribution >= 4 is 17.9 Å². The molecule has 1 atom stereocenters. The molecule has 452 valence electrons. The van der Waals surface area contributed by atoms with Gasteiger partial charge in [0.05, 0.1) is 0 Å². The summed E-state index contributed by atoms with van der Waals surface area (Å²) in [6.45, 7) is 6.50. The van der Waals surface area contributed by atoms with Crippen LogP contribution >= 0.6 is 0 Å². The standard InChI is InChI=1S/C72H128O6/c1-4-7-10-13-16-19-22-24-26-27-28-29-30-31-32-33-34-35-36-37-38-39-40-41-42-43-44-45-47-48-50-53-56-59-62-65-71(74)77-68-69(67-76-70(73)64-61-58-55-52-21-18-15-12-9-6-3)78-72(75)66-63-60-57-54-51-49-46-25-23-20-17-14-11-8-5-2/h7,10,12,15-16,19,24,26,28-29,31-32,69H,4-6,8-9,11,13-14,17-18,20-23,25,27,30,33-68H2,1-3H3/b10-7-,15-12-,19-16-,26-24-,29-28-,32-31-. The summed E-state index contributed by atoms with van der Waals surface area (Å²) in [5.74, 6) is -0.863. The Kier molecular flexibility index (Phi) is 63.7. The second-order valence-electron chi connectivity index (χ2n) is 22.7. The summed E-state index contributed by atoms with van der Waals surface area (Å²) in [4.78, 5) is 38.2. The van der Waals surface area contributed by atoms with Crippen LogP contribution in [0.15, 0.2) is 72.9 Å². The van der Waals surface area contributed by atoms with Crippen molar-refractivity contribution in [2.75, 3.05) is 13.2 Å². The van der Waals surface area contributed by atoms with Crippen molar-refractivity contribution in [3.8, 4) is 0 Å². The van der Waals surface area contributed by atoms with Crippen LogP contribution in [0.1, 0.15) is 348 Å². The van der Waals surface area contributed by atoms with E-state index in [9.17, 15) is 14.4 Å². The van der Waals surface area contributed by atoms with Crippen molar-refractivity contribution in [1.29, 1.82) is 0 Å². The van der Waals surface area contributed by atoms with Crippen LogP contribution < -0.4 is 0 Å². The smallest absolute Gasteiger partial charge is 0.306 e. The number of esters is 3. The molecule has 0 radical (unpaired) electrons. The van der Waals surface area contributed by atoms with E-state index in [1.807, 2.05) is 0 Å². The summed E-state index contributed by atoms with van der Waals surface area (Å²) in [5.41, 5.74) is 0. The summed E-state index contributed by atoms with van der Waals surface area (Å²) >= 11 is 0. The number of carbonyl (C=O) groups excluding carboxylic acids is 3. The monoisotopic (exact) mass is 1090 g/mol. The van der Waals surface area contributed by atoms with Crippen LogP contribution in [0.5, 0.6) is 0 Å². The quantitative estimate of drug-likeness (QED) is 0.0261. The highest BCUT2D eigenvalue weighted by molar-refractivity contribution is 5.71. The molecule has 0 aromatic heterocycles. The molecule has 0 rings (SSSR count). The van der Waals surface area contributed by atoms with E-state index in [1.54, 1.807) is 0 Å². The Morgan fingerprint density at radius 1 is 0.269 bits per heavy atom. The third kappa shape index (κ3) is 63.7. The summed E-state index contributed by atoms with van der Waals surface area (Å²) in [7, 11) is 0. The highest BCUT2D eigenvalue weighted by atomic mass is 16.6. The molecule has 0 bridgehead atoms. The Bertz CT molecular complexity index is 1440. The number of carbonyl (C=O) groups is 3. The first-order valence-electron chi connectivity index (χ1n) is 33.9. The molecule has 0 saturated heterocycles. The molecule has 0 aliphatic carbocycles. The van der Waals surface area contributed by atoms with Crippen LogP contribution in [0.25, 0.3) is 0 Å².